The van der Waals surface area contributed by atoms with E-state index in [1.807, 2.05) is 27.7 Å². The van der Waals surface area contributed by atoms with E-state index < -0.39 is 17.7 Å². The number of carbonyl (C=O) groups excluding carboxylic acids is 2. The largest absolute Gasteiger partial charge is 0.507 e. The van der Waals surface area contributed by atoms with Crippen LogP contribution in [0.3, 0.4) is 0 Å². The Kier molecular flexibility index (Phi) is 7.24. The number of amides is 1. The van der Waals surface area contributed by atoms with E-state index in [0.717, 1.165) is 5.56 Å². The molecule has 0 radical (unpaired) electrons. The molecular weight excluding hydrogens is 434 g/mol. The molecule has 1 N–H and O–H groups in total. The summed E-state index contributed by atoms with van der Waals surface area (Å²) in [6, 6.07) is 9.74. The lowest BCUT2D eigenvalue weighted by atomic mass is 9.84. The first-order valence-electron chi connectivity index (χ1n) is 11.3. The second kappa shape index (κ2) is 9.79. The minimum absolute atomic E-state index is 0.0232. The molecule has 182 valence electrons. The van der Waals surface area contributed by atoms with Gasteiger partial charge in [0.25, 0.3) is 11.7 Å². The van der Waals surface area contributed by atoms with Gasteiger partial charge in [0.2, 0.25) is 0 Å². The number of aliphatic hydroxyl groups excluding tert-OH is 1. The maximum absolute atomic E-state index is 13.2. The lowest BCUT2D eigenvalue weighted by Gasteiger charge is -2.27. The average molecular weight is 468 g/mol. The molecule has 0 saturated carbocycles. The minimum atomic E-state index is -0.815. The van der Waals surface area contributed by atoms with Crippen LogP contribution in [0.2, 0.25) is 0 Å². The van der Waals surface area contributed by atoms with Gasteiger partial charge in [-0.05, 0) is 36.1 Å². The van der Waals surface area contributed by atoms with Crippen molar-refractivity contribution in [2.45, 2.75) is 45.6 Å². The molecule has 7 heteroatoms. The summed E-state index contributed by atoms with van der Waals surface area (Å²) in [4.78, 5) is 27.8. The van der Waals surface area contributed by atoms with Crippen molar-refractivity contribution in [1.82, 2.24) is 4.90 Å². The van der Waals surface area contributed by atoms with Crippen LogP contribution in [0.25, 0.3) is 5.76 Å². The predicted octanol–water partition coefficient (Wildman–Crippen LogP) is 4.84. The van der Waals surface area contributed by atoms with Crippen LogP contribution >= 0.6 is 0 Å². The molecule has 0 aromatic heterocycles. The molecule has 1 amide bonds. The Balaban J connectivity index is 2.30. The minimum Gasteiger partial charge on any atom is -0.507 e. The number of methoxy groups -OCH3 is 3. The fourth-order valence-electron chi connectivity index (χ4n) is 4.40. The van der Waals surface area contributed by atoms with Crippen LogP contribution in [0.5, 0.6) is 17.2 Å². The Morgan fingerprint density at radius 3 is 2.24 bits per heavy atom. The Labute approximate surface area is 200 Å². The lowest BCUT2D eigenvalue weighted by molar-refractivity contribution is -0.139. The fourth-order valence-corrected chi connectivity index (χ4v) is 4.40. The van der Waals surface area contributed by atoms with Gasteiger partial charge < -0.3 is 24.2 Å². The van der Waals surface area contributed by atoms with Crippen molar-refractivity contribution in [3.05, 3.63) is 58.7 Å². The zero-order valence-corrected chi connectivity index (χ0v) is 20.9. The van der Waals surface area contributed by atoms with Crippen molar-refractivity contribution >= 4 is 17.4 Å². The van der Waals surface area contributed by atoms with Crippen LogP contribution in [0.4, 0.5) is 0 Å². The molecular formula is C27H33NO6. The van der Waals surface area contributed by atoms with Gasteiger partial charge in [-0.15, -0.1) is 0 Å². The summed E-state index contributed by atoms with van der Waals surface area (Å²) in [6.45, 7) is 8.39. The maximum atomic E-state index is 13.2. The van der Waals surface area contributed by atoms with Gasteiger partial charge in [-0.1, -0.05) is 39.8 Å². The number of benzene rings is 2. The number of hydrogen-bond donors (Lipinski definition) is 1. The number of ether oxygens (including phenoxy) is 3. The number of likely N-dealkylation sites (tertiary alicyclic amines) is 1. The number of rotatable bonds is 7. The number of hydrogen-bond acceptors (Lipinski definition) is 6. The molecule has 1 atom stereocenters. The second-order valence-electron chi connectivity index (χ2n) is 9.24. The van der Waals surface area contributed by atoms with E-state index in [1.54, 1.807) is 43.5 Å². The van der Waals surface area contributed by atoms with Crippen molar-refractivity contribution in [3.63, 3.8) is 0 Å². The van der Waals surface area contributed by atoms with Gasteiger partial charge in [-0.25, -0.2) is 0 Å². The van der Waals surface area contributed by atoms with Gasteiger partial charge in [0.05, 0.1) is 32.9 Å². The summed E-state index contributed by atoms with van der Waals surface area (Å²) in [7, 11) is 4.62. The van der Waals surface area contributed by atoms with Crippen LogP contribution in [-0.2, 0) is 15.0 Å². The highest BCUT2D eigenvalue weighted by Gasteiger charge is 2.47. The molecule has 1 aliphatic rings. The lowest BCUT2D eigenvalue weighted by Crippen LogP contribution is -2.30. The number of para-hydroxylation sites is 1. The summed E-state index contributed by atoms with van der Waals surface area (Å²) in [6.07, 6.45) is 0.645. The third kappa shape index (κ3) is 4.34. The molecule has 2 aromatic rings. The Bertz CT molecular complexity index is 1130. The van der Waals surface area contributed by atoms with Gasteiger partial charge in [-0.2, -0.15) is 0 Å². The van der Waals surface area contributed by atoms with Crippen molar-refractivity contribution in [1.29, 1.82) is 0 Å². The quantitative estimate of drug-likeness (QED) is 0.356. The summed E-state index contributed by atoms with van der Waals surface area (Å²) in [5, 5.41) is 11.4. The molecule has 34 heavy (non-hydrogen) atoms. The molecule has 3 rings (SSSR count). The third-order valence-electron chi connectivity index (χ3n) is 6.01. The van der Waals surface area contributed by atoms with E-state index in [1.165, 1.54) is 19.1 Å². The van der Waals surface area contributed by atoms with E-state index in [4.69, 9.17) is 14.2 Å². The first-order valence-corrected chi connectivity index (χ1v) is 11.3. The van der Waals surface area contributed by atoms with E-state index in [-0.39, 0.29) is 16.7 Å². The van der Waals surface area contributed by atoms with Crippen molar-refractivity contribution in [2.24, 2.45) is 0 Å². The molecule has 7 nitrogen and oxygen atoms in total. The van der Waals surface area contributed by atoms with E-state index in [0.29, 0.717) is 41.3 Å². The van der Waals surface area contributed by atoms with Gasteiger partial charge in [0.15, 0.2) is 11.5 Å². The highest BCUT2D eigenvalue weighted by atomic mass is 16.5. The molecule has 0 spiro atoms. The first kappa shape index (κ1) is 25.1. The van der Waals surface area contributed by atoms with Gasteiger partial charge in [-0.3, -0.25) is 9.59 Å². The molecule has 1 fully saturated rings. The van der Waals surface area contributed by atoms with Gasteiger partial charge >= 0.3 is 0 Å². The predicted molar refractivity (Wildman–Crippen MR) is 131 cm³/mol. The van der Waals surface area contributed by atoms with E-state index >= 15 is 0 Å². The zero-order chi connectivity index (χ0) is 25.2. The molecule has 0 bridgehead atoms. The number of Topliss-reactive ketones (excluding diaryl/α,β-unsaturated/α-hetero) is 1. The van der Waals surface area contributed by atoms with E-state index in [9.17, 15) is 14.7 Å². The first-order chi connectivity index (χ1) is 16.1. The second-order valence-corrected chi connectivity index (χ2v) is 9.24. The van der Waals surface area contributed by atoms with Crippen LogP contribution in [0.1, 0.15) is 56.8 Å². The van der Waals surface area contributed by atoms with Gasteiger partial charge in [0, 0.05) is 23.2 Å². The fraction of sp³-hybridized carbons (Fsp3) is 0.407. The van der Waals surface area contributed by atoms with Crippen molar-refractivity contribution in [2.75, 3.05) is 27.9 Å². The smallest absolute Gasteiger partial charge is 0.295 e. The van der Waals surface area contributed by atoms with Gasteiger partial charge in [0.1, 0.15) is 11.5 Å². The molecule has 1 heterocycles. The standard InChI is InChI=1S/C27H33NO6/c1-8-14-28-22(17-10-9-11-20(33-6)25(17)34-7)21(24(30)26(28)31)23(29)16-12-13-19(32-5)18(15-16)27(2,3)4/h9-13,15,22,29H,8,14H2,1-7H3/b23-21+. The molecule has 1 aliphatic heterocycles. The number of ketones is 1. The van der Waals surface area contributed by atoms with Crippen LogP contribution in [0.15, 0.2) is 42.0 Å². The molecule has 1 saturated heterocycles. The maximum Gasteiger partial charge on any atom is 0.295 e. The number of nitrogens with zero attached hydrogens (tertiary/aromatic N) is 1. The molecule has 2 aromatic carbocycles. The zero-order valence-electron chi connectivity index (χ0n) is 20.9. The summed E-state index contributed by atoms with van der Waals surface area (Å²) in [5.41, 5.74) is 1.63. The Hall–Kier alpha value is -3.48. The molecule has 0 aliphatic carbocycles. The van der Waals surface area contributed by atoms with Crippen LogP contribution in [0, 0.1) is 0 Å². The van der Waals surface area contributed by atoms with Crippen molar-refractivity contribution in [3.8, 4) is 17.2 Å². The molecule has 1 unspecified atom stereocenters. The van der Waals surface area contributed by atoms with E-state index in [2.05, 4.69) is 0 Å². The SMILES string of the molecule is CCCN1C(=O)C(=O)/C(=C(/O)c2ccc(OC)c(C(C)(C)C)c2)C1c1cccc(OC)c1OC. The normalized spacial score (nSPS) is 17.7. The number of aliphatic hydroxyl groups is 1. The summed E-state index contributed by atoms with van der Waals surface area (Å²) in [5.74, 6) is -0.0474. The van der Waals surface area contributed by atoms with Crippen LogP contribution in [-0.4, -0.2) is 49.6 Å². The highest BCUT2D eigenvalue weighted by molar-refractivity contribution is 6.46. The summed E-state index contributed by atoms with van der Waals surface area (Å²) >= 11 is 0. The Morgan fingerprint density at radius 2 is 1.68 bits per heavy atom. The topological polar surface area (TPSA) is 85.3 Å². The summed E-state index contributed by atoms with van der Waals surface area (Å²) < 4.78 is 16.6. The average Bonchev–Trinajstić information content (AvgIpc) is 3.07. The highest BCUT2D eigenvalue weighted by Crippen LogP contribution is 2.46. The Morgan fingerprint density at radius 1 is 1.00 bits per heavy atom. The monoisotopic (exact) mass is 467 g/mol. The van der Waals surface area contributed by atoms with Crippen molar-refractivity contribution < 1.29 is 28.9 Å². The third-order valence-corrected chi connectivity index (χ3v) is 6.01. The van der Waals surface area contributed by atoms with Crippen LogP contribution < -0.4 is 14.2 Å². The number of carbonyl (C=O) groups is 2.